The second-order valence-corrected chi connectivity index (χ2v) is 6.46. The Balaban J connectivity index is 1.88. The maximum absolute atomic E-state index is 12.3. The molecular weight excluding hydrogens is 360 g/mol. The zero-order valence-electron chi connectivity index (χ0n) is 17.2. The van der Waals surface area contributed by atoms with E-state index in [0.29, 0.717) is 48.7 Å². The van der Waals surface area contributed by atoms with E-state index in [9.17, 15) is 4.79 Å². The summed E-state index contributed by atoms with van der Waals surface area (Å²) in [5, 5.41) is 6.84. The van der Waals surface area contributed by atoms with Gasteiger partial charge in [-0.15, -0.1) is 0 Å². The van der Waals surface area contributed by atoms with Crippen LogP contribution in [0.1, 0.15) is 45.3 Å². The highest BCUT2D eigenvalue weighted by atomic mass is 16.5. The third-order valence-corrected chi connectivity index (χ3v) is 3.91. The van der Waals surface area contributed by atoms with Gasteiger partial charge in [0.1, 0.15) is 0 Å². The molecule has 0 radical (unpaired) electrons. The summed E-state index contributed by atoms with van der Waals surface area (Å²) in [6.07, 6.45) is 2.92. The van der Waals surface area contributed by atoms with E-state index in [4.69, 9.17) is 14.0 Å². The predicted molar refractivity (Wildman–Crippen MR) is 107 cm³/mol. The standard InChI is InChI=1S/C20H30N4O4/c1-5-8-9-18-22-20(28-23-18)14-24(4)13-19(25)21-15-10-11-16(26-6-2)17(12-15)27-7-3/h10-12H,5-9,13-14H2,1-4H3,(H,21,25). The van der Waals surface area contributed by atoms with Crippen LogP contribution < -0.4 is 14.8 Å². The van der Waals surface area contributed by atoms with Crippen molar-refractivity contribution in [3.63, 3.8) is 0 Å². The maximum atomic E-state index is 12.3. The Hall–Kier alpha value is -2.61. The molecule has 1 aromatic carbocycles. The van der Waals surface area contributed by atoms with Gasteiger partial charge in [-0.3, -0.25) is 9.69 Å². The van der Waals surface area contributed by atoms with Crippen LogP contribution in [0.3, 0.4) is 0 Å². The van der Waals surface area contributed by atoms with Gasteiger partial charge in [-0.1, -0.05) is 18.5 Å². The molecule has 2 rings (SSSR count). The largest absolute Gasteiger partial charge is 0.490 e. The third-order valence-electron chi connectivity index (χ3n) is 3.91. The number of nitrogens with zero attached hydrogens (tertiary/aromatic N) is 3. The molecule has 0 spiro atoms. The van der Waals surface area contributed by atoms with Gasteiger partial charge in [0.05, 0.1) is 26.3 Å². The lowest BCUT2D eigenvalue weighted by Gasteiger charge is -2.15. The van der Waals surface area contributed by atoms with Crippen LogP contribution in [-0.4, -0.2) is 47.8 Å². The Kier molecular flexibility index (Phi) is 8.74. The first-order chi connectivity index (χ1) is 13.5. The van der Waals surface area contributed by atoms with Crippen LogP contribution in [0.5, 0.6) is 11.5 Å². The molecule has 1 amide bonds. The first-order valence-electron chi connectivity index (χ1n) is 9.75. The van der Waals surface area contributed by atoms with Gasteiger partial charge in [0, 0.05) is 18.2 Å². The second-order valence-electron chi connectivity index (χ2n) is 6.46. The number of rotatable bonds is 12. The molecule has 0 bridgehead atoms. The van der Waals surface area contributed by atoms with Crippen molar-refractivity contribution in [1.82, 2.24) is 15.0 Å². The number of carbonyl (C=O) groups excluding carboxylic acids is 1. The van der Waals surface area contributed by atoms with Gasteiger partial charge in [-0.25, -0.2) is 0 Å². The van der Waals surface area contributed by atoms with Crippen LogP contribution in [0.4, 0.5) is 5.69 Å². The molecule has 8 heteroatoms. The Morgan fingerprint density at radius 3 is 2.64 bits per heavy atom. The van der Waals surface area contributed by atoms with Crippen LogP contribution in [0.2, 0.25) is 0 Å². The number of ether oxygens (including phenoxy) is 2. The Morgan fingerprint density at radius 1 is 1.18 bits per heavy atom. The number of carbonyl (C=O) groups is 1. The highest BCUT2D eigenvalue weighted by Crippen LogP contribution is 2.30. The quantitative estimate of drug-likeness (QED) is 0.595. The molecule has 0 fully saturated rings. The van der Waals surface area contributed by atoms with Crippen molar-refractivity contribution in [3.8, 4) is 11.5 Å². The van der Waals surface area contributed by atoms with Gasteiger partial charge in [-0.05, 0) is 39.4 Å². The highest BCUT2D eigenvalue weighted by molar-refractivity contribution is 5.92. The number of benzene rings is 1. The summed E-state index contributed by atoms with van der Waals surface area (Å²) in [7, 11) is 1.83. The number of anilines is 1. The molecule has 1 heterocycles. The number of hydrogen-bond acceptors (Lipinski definition) is 7. The van der Waals surface area contributed by atoms with Gasteiger partial charge in [0.25, 0.3) is 0 Å². The summed E-state index contributed by atoms with van der Waals surface area (Å²) in [5.74, 6) is 2.36. The first-order valence-corrected chi connectivity index (χ1v) is 9.75. The minimum atomic E-state index is -0.139. The summed E-state index contributed by atoms with van der Waals surface area (Å²) in [6, 6.07) is 5.36. The van der Waals surface area contributed by atoms with Crippen molar-refractivity contribution in [2.24, 2.45) is 0 Å². The molecular formula is C20H30N4O4. The molecule has 0 aliphatic heterocycles. The number of aromatic nitrogens is 2. The van der Waals surface area contributed by atoms with E-state index < -0.39 is 0 Å². The van der Waals surface area contributed by atoms with Gasteiger partial charge in [0.15, 0.2) is 17.3 Å². The Labute approximate surface area is 166 Å². The highest BCUT2D eigenvalue weighted by Gasteiger charge is 2.13. The van der Waals surface area contributed by atoms with Crippen molar-refractivity contribution in [3.05, 3.63) is 29.9 Å². The fourth-order valence-electron chi connectivity index (χ4n) is 2.65. The predicted octanol–water partition coefficient (Wildman–Crippen LogP) is 3.28. The molecule has 0 saturated carbocycles. The number of amides is 1. The minimum absolute atomic E-state index is 0.139. The molecule has 154 valence electrons. The molecule has 2 aromatic rings. The van der Waals surface area contributed by atoms with Crippen molar-refractivity contribution in [1.29, 1.82) is 0 Å². The van der Waals surface area contributed by atoms with Crippen molar-refractivity contribution in [2.75, 3.05) is 32.1 Å². The summed E-state index contributed by atoms with van der Waals surface area (Å²) in [5.41, 5.74) is 0.657. The molecule has 8 nitrogen and oxygen atoms in total. The fourth-order valence-corrected chi connectivity index (χ4v) is 2.65. The zero-order chi connectivity index (χ0) is 20.4. The normalized spacial score (nSPS) is 10.9. The molecule has 0 atom stereocenters. The van der Waals surface area contributed by atoms with E-state index in [-0.39, 0.29) is 12.5 Å². The average molecular weight is 390 g/mol. The van der Waals surface area contributed by atoms with E-state index >= 15 is 0 Å². The fraction of sp³-hybridized carbons (Fsp3) is 0.550. The van der Waals surface area contributed by atoms with Crippen molar-refractivity contribution in [2.45, 2.75) is 46.6 Å². The maximum Gasteiger partial charge on any atom is 0.240 e. The van der Waals surface area contributed by atoms with E-state index in [0.717, 1.165) is 19.3 Å². The number of aryl methyl sites for hydroxylation is 1. The lowest BCUT2D eigenvalue weighted by atomic mass is 10.2. The van der Waals surface area contributed by atoms with Crippen LogP contribution in [0.25, 0.3) is 0 Å². The monoisotopic (exact) mass is 390 g/mol. The van der Waals surface area contributed by atoms with Gasteiger partial charge >= 0.3 is 0 Å². The van der Waals surface area contributed by atoms with E-state index in [1.54, 1.807) is 18.2 Å². The Morgan fingerprint density at radius 2 is 1.93 bits per heavy atom. The first kappa shape index (κ1) is 21.7. The van der Waals surface area contributed by atoms with Gasteiger partial charge in [-0.2, -0.15) is 4.98 Å². The smallest absolute Gasteiger partial charge is 0.240 e. The SMILES string of the molecule is CCCCc1noc(CN(C)CC(=O)Nc2ccc(OCC)c(OCC)c2)n1. The summed E-state index contributed by atoms with van der Waals surface area (Å²) < 4.78 is 16.4. The summed E-state index contributed by atoms with van der Waals surface area (Å²) in [6.45, 7) is 7.62. The van der Waals surface area contributed by atoms with Crippen molar-refractivity contribution >= 4 is 11.6 Å². The number of hydrogen-bond donors (Lipinski definition) is 1. The lowest BCUT2D eigenvalue weighted by molar-refractivity contribution is -0.117. The topological polar surface area (TPSA) is 89.7 Å². The van der Waals surface area contributed by atoms with E-state index in [2.05, 4.69) is 22.4 Å². The van der Waals surface area contributed by atoms with Crippen LogP contribution >= 0.6 is 0 Å². The van der Waals surface area contributed by atoms with E-state index in [1.165, 1.54) is 0 Å². The lowest BCUT2D eigenvalue weighted by Crippen LogP contribution is -2.30. The zero-order valence-corrected chi connectivity index (χ0v) is 17.2. The van der Waals surface area contributed by atoms with Crippen molar-refractivity contribution < 1.29 is 18.8 Å². The number of unbranched alkanes of at least 4 members (excludes halogenated alkanes) is 1. The van der Waals surface area contributed by atoms with Crippen LogP contribution in [-0.2, 0) is 17.8 Å². The molecule has 0 saturated heterocycles. The van der Waals surface area contributed by atoms with Crippen LogP contribution in [0.15, 0.2) is 22.7 Å². The second kappa shape index (κ2) is 11.3. The van der Waals surface area contributed by atoms with Crippen LogP contribution in [0, 0.1) is 0 Å². The molecule has 0 unspecified atom stereocenters. The van der Waals surface area contributed by atoms with Gasteiger partial charge < -0.3 is 19.3 Å². The summed E-state index contributed by atoms with van der Waals surface area (Å²) >= 11 is 0. The Bertz CT molecular complexity index is 748. The third kappa shape index (κ3) is 6.84. The number of nitrogens with one attached hydrogen (secondary N) is 1. The summed E-state index contributed by atoms with van der Waals surface area (Å²) in [4.78, 5) is 18.5. The number of likely N-dealkylation sites (N-methyl/N-ethyl adjacent to an activating group) is 1. The molecule has 1 aromatic heterocycles. The molecule has 0 aliphatic rings. The van der Waals surface area contributed by atoms with Gasteiger partial charge in [0.2, 0.25) is 11.8 Å². The average Bonchev–Trinajstić information content (AvgIpc) is 3.09. The van der Waals surface area contributed by atoms with E-state index in [1.807, 2.05) is 25.8 Å². The molecule has 0 aliphatic carbocycles. The molecule has 1 N–H and O–H groups in total. The minimum Gasteiger partial charge on any atom is -0.490 e. The molecule has 28 heavy (non-hydrogen) atoms.